The zero-order valence-electron chi connectivity index (χ0n) is 15.1. The van der Waals surface area contributed by atoms with E-state index in [1.54, 1.807) is 25.4 Å². The molecule has 0 unspecified atom stereocenters. The number of fused-ring (bicyclic) bond motifs is 1. The molecule has 5 heteroatoms. The topological polar surface area (TPSA) is 47.3 Å². The molecular weight excluding hydrogens is 343 g/mol. The van der Waals surface area contributed by atoms with Crippen LogP contribution in [0.5, 0.6) is 5.75 Å². The van der Waals surface area contributed by atoms with Crippen LogP contribution in [0.1, 0.15) is 18.6 Å². The summed E-state index contributed by atoms with van der Waals surface area (Å²) in [6.45, 7) is 1.73. The molecular formula is C22H19FN2O2. The van der Waals surface area contributed by atoms with Gasteiger partial charge in [0.25, 0.3) is 0 Å². The molecule has 1 atom stereocenters. The highest BCUT2D eigenvalue weighted by atomic mass is 19.1. The molecule has 0 aliphatic rings. The number of hydrogen-bond acceptors (Lipinski definition) is 3. The van der Waals surface area contributed by atoms with Gasteiger partial charge in [0.05, 0.1) is 29.8 Å². The van der Waals surface area contributed by atoms with Crippen molar-refractivity contribution in [3.63, 3.8) is 0 Å². The number of rotatable bonds is 4. The Hall–Kier alpha value is -3.18. The number of hydrogen-bond donors (Lipinski definition) is 1. The summed E-state index contributed by atoms with van der Waals surface area (Å²) in [5.41, 5.74) is 4.55. The third-order valence-electron chi connectivity index (χ3n) is 4.66. The maximum Gasteiger partial charge on any atom is 0.134 e. The van der Waals surface area contributed by atoms with E-state index in [0.717, 1.165) is 27.8 Å². The van der Waals surface area contributed by atoms with E-state index in [1.807, 2.05) is 47.0 Å². The van der Waals surface area contributed by atoms with Crippen LogP contribution in [0.3, 0.4) is 0 Å². The third-order valence-corrected chi connectivity index (χ3v) is 4.66. The van der Waals surface area contributed by atoms with Crippen molar-refractivity contribution in [2.75, 3.05) is 7.11 Å². The molecule has 0 aliphatic carbocycles. The lowest BCUT2D eigenvalue weighted by molar-refractivity contribution is 0.199. The molecule has 1 aromatic heterocycles. The van der Waals surface area contributed by atoms with E-state index < -0.39 is 6.10 Å². The first kappa shape index (κ1) is 17.2. The molecule has 0 radical (unpaired) electrons. The average Bonchev–Trinajstić information content (AvgIpc) is 3.11. The summed E-state index contributed by atoms with van der Waals surface area (Å²) in [5.74, 6) is 0.160. The van der Waals surface area contributed by atoms with Crippen LogP contribution in [-0.4, -0.2) is 21.8 Å². The second-order valence-corrected chi connectivity index (χ2v) is 6.41. The van der Waals surface area contributed by atoms with Crippen molar-refractivity contribution in [2.24, 2.45) is 0 Å². The van der Waals surface area contributed by atoms with Gasteiger partial charge in [0.2, 0.25) is 0 Å². The normalized spacial score (nSPS) is 12.3. The van der Waals surface area contributed by atoms with Gasteiger partial charge in [0.1, 0.15) is 17.9 Å². The van der Waals surface area contributed by atoms with Gasteiger partial charge < -0.3 is 9.84 Å². The predicted octanol–water partition coefficient (Wildman–Crippen LogP) is 4.89. The second-order valence-electron chi connectivity index (χ2n) is 6.41. The molecule has 0 bridgehead atoms. The van der Waals surface area contributed by atoms with Crippen molar-refractivity contribution >= 4 is 11.0 Å². The highest BCUT2D eigenvalue weighted by molar-refractivity contribution is 5.79. The van der Waals surface area contributed by atoms with Crippen LogP contribution >= 0.6 is 0 Å². The first-order chi connectivity index (χ1) is 13.1. The lowest BCUT2D eigenvalue weighted by atomic mass is 10.0. The monoisotopic (exact) mass is 362 g/mol. The quantitative estimate of drug-likeness (QED) is 0.562. The van der Waals surface area contributed by atoms with Crippen molar-refractivity contribution in [3.8, 4) is 22.6 Å². The van der Waals surface area contributed by atoms with Gasteiger partial charge in [-0.25, -0.2) is 9.37 Å². The fourth-order valence-corrected chi connectivity index (χ4v) is 3.26. The molecule has 1 N–H and O–H groups in total. The summed E-state index contributed by atoms with van der Waals surface area (Å²) in [7, 11) is 1.53. The molecule has 0 saturated carbocycles. The number of halogens is 1. The first-order valence-electron chi connectivity index (χ1n) is 8.67. The Morgan fingerprint density at radius 2 is 1.89 bits per heavy atom. The maximum absolute atomic E-state index is 14.4. The van der Waals surface area contributed by atoms with Gasteiger partial charge in [0.15, 0.2) is 0 Å². The molecule has 4 rings (SSSR count). The molecule has 1 heterocycles. The zero-order chi connectivity index (χ0) is 19.0. The summed E-state index contributed by atoms with van der Waals surface area (Å²) < 4.78 is 21.7. The Bertz CT molecular complexity index is 1120. The van der Waals surface area contributed by atoms with Crippen molar-refractivity contribution in [1.82, 2.24) is 9.55 Å². The lowest BCUT2D eigenvalue weighted by Crippen LogP contribution is -1.96. The Morgan fingerprint density at radius 3 is 2.67 bits per heavy atom. The number of nitrogens with zero attached hydrogens (tertiary/aromatic N) is 2. The summed E-state index contributed by atoms with van der Waals surface area (Å²) in [6.07, 6.45) is 1.19. The standard InChI is InChI=1S/C22H19FN2O2/c1-14(26)15-9-10-20-19(12-15)24-13-25(20)17-6-3-5-16(11-17)22-18(23)7-4-8-21(22)27-2/h3-14,26H,1-2H3/t14-/m1/s1. The van der Waals surface area contributed by atoms with Crippen molar-refractivity contribution < 1.29 is 14.2 Å². The maximum atomic E-state index is 14.4. The molecule has 0 spiro atoms. The number of aliphatic hydroxyl groups excluding tert-OH is 1. The van der Waals surface area contributed by atoms with Gasteiger partial charge in [-0.1, -0.05) is 24.3 Å². The third kappa shape index (κ3) is 3.06. The van der Waals surface area contributed by atoms with Crippen LogP contribution in [0.25, 0.3) is 27.8 Å². The van der Waals surface area contributed by atoms with Gasteiger partial charge in [-0.3, -0.25) is 4.57 Å². The number of methoxy groups -OCH3 is 1. The Kier molecular flexibility index (Phi) is 4.38. The van der Waals surface area contributed by atoms with E-state index in [0.29, 0.717) is 11.3 Å². The molecule has 4 nitrogen and oxygen atoms in total. The van der Waals surface area contributed by atoms with Crippen molar-refractivity contribution in [2.45, 2.75) is 13.0 Å². The van der Waals surface area contributed by atoms with Crippen LogP contribution in [0, 0.1) is 5.82 Å². The van der Waals surface area contributed by atoms with E-state index in [2.05, 4.69) is 4.98 Å². The largest absolute Gasteiger partial charge is 0.496 e. The van der Waals surface area contributed by atoms with Crippen LogP contribution in [-0.2, 0) is 0 Å². The summed E-state index contributed by atoms with van der Waals surface area (Å²) >= 11 is 0. The summed E-state index contributed by atoms with van der Waals surface area (Å²) in [4.78, 5) is 4.44. The zero-order valence-corrected chi connectivity index (χ0v) is 15.1. The lowest BCUT2D eigenvalue weighted by Gasteiger charge is -2.12. The number of ether oxygens (including phenoxy) is 1. The highest BCUT2D eigenvalue weighted by Crippen LogP contribution is 2.34. The number of aliphatic hydroxyl groups is 1. The Labute approximate surface area is 156 Å². The van der Waals surface area contributed by atoms with Crippen molar-refractivity contribution in [1.29, 1.82) is 0 Å². The molecule has 27 heavy (non-hydrogen) atoms. The van der Waals surface area contributed by atoms with Crippen molar-refractivity contribution in [3.05, 3.63) is 78.4 Å². The SMILES string of the molecule is COc1cccc(F)c1-c1cccc(-n2cnc3cc([C@@H](C)O)ccc32)c1. The first-order valence-corrected chi connectivity index (χ1v) is 8.67. The van der Waals surface area contributed by atoms with Crippen LogP contribution in [0.2, 0.25) is 0 Å². The van der Waals surface area contributed by atoms with E-state index in [1.165, 1.54) is 13.2 Å². The number of benzene rings is 3. The summed E-state index contributed by atoms with van der Waals surface area (Å²) in [5, 5.41) is 9.76. The van der Waals surface area contributed by atoms with E-state index in [4.69, 9.17) is 4.74 Å². The molecule has 0 fully saturated rings. The molecule has 3 aromatic carbocycles. The smallest absolute Gasteiger partial charge is 0.134 e. The minimum atomic E-state index is -0.545. The fraction of sp³-hybridized carbons (Fsp3) is 0.136. The van der Waals surface area contributed by atoms with E-state index >= 15 is 0 Å². The highest BCUT2D eigenvalue weighted by Gasteiger charge is 2.13. The van der Waals surface area contributed by atoms with Crippen LogP contribution in [0.15, 0.2) is 67.0 Å². The minimum absolute atomic E-state index is 0.330. The van der Waals surface area contributed by atoms with Gasteiger partial charge in [-0.15, -0.1) is 0 Å². The summed E-state index contributed by atoms with van der Waals surface area (Å²) in [6, 6.07) is 18.1. The predicted molar refractivity (Wildman–Crippen MR) is 104 cm³/mol. The molecule has 0 saturated heterocycles. The molecule has 136 valence electrons. The van der Waals surface area contributed by atoms with E-state index in [-0.39, 0.29) is 5.82 Å². The fourth-order valence-electron chi connectivity index (χ4n) is 3.26. The van der Waals surface area contributed by atoms with Gasteiger partial charge >= 0.3 is 0 Å². The van der Waals surface area contributed by atoms with Gasteiger partial charge in [-0.05, 0) is 54.4 Å². The number of aromatic nitrogens is 2. The van der Waals surface area contributed by atoms with Crippen LogP contribution in [0.4, 0.5) is 4.39 Å². The van der Waals surface area contributed by atoms with Crippen LogP contribution < -0.4 is 4.74 Å². The Balaban J connectivity index is 1.84. The molecule has 4 aromatic rings. The van der Waals surface area contributed by atoms with Gasteiger partial charge in [0, 0.05) is 5.69 Å². The molecule has 0 amide bonds. The second kappa shape index (κ2) is 6.85. The molecule has 0 aliphatic heterocycles. The number of imidazole rings is 1. The van der Waals surface area contributed by atoms with E-state index in [9.17, 15) is 9.50 Å². The Morgan fingerprint density at radius 1 is 1.07 bits per heavy atom. The van der Waals surface area contributed by atoms with Gasteiger partial charge in [-0.2, -0.15) is 0 Å². The minimum Gasteiger partial charge on any atom is -0.496 e. The average molecular weight is 362 g/mol.